The number of rotatable bonds is 14. The number of para-hydroxylation sites is 5. The van der Waals surface area contributed by atoms with Crippen LogP contribution >= 0.6 is 0 Å². The van der Waals surface area contributed by atoms with Crippen LogP contribution in [0.1, 0.15) is 44.5 Å². The normalized spacial score (nSPS) is 12.3. The highest BCUT2D eigenvalue weighted by molar-refractivity contribution is 6.15. The van der Waals surface area contributed by atoms with Gasteiger partial charge >= 0.3 is 0 Å². The van der Waals surface area contributed by atoms with E-state index in [1.165, 1.54) is 182 Å². The van der Waals surface area contributed by atoms with Gasteiger partial charge in [0.15, 0.2) is 5.69 Å². The Morgan fingerprint density at radius 2 is 0.492 bits per heavy atom. The predicted octanol–water partition coefficient (Wildman–Crippen LogP) is 31.7. The highest BCUT2D eigenvalue weighted by atomic mass is 15.0. The molecule has 0 saturated heterocycles. The van der Waals surface area contributed by atoms with Crippen molar-refractivity contribution in [3.8, 4) is 78.4 Å². The summed E-state index contributed by atoms with van der Waals surface area (Å²) in [6, 6.07) is 179. The van der Waals surface area contributed by atoms with Crippen LogP contribution in [-0.4, -0.2) is 18.3 Å². The van der Waals surface area contributed by atoms with E-state index in [4.69, 9.17) is 6.57 Å². The molecule has 1 aliphatic rings. The van der Waals surface area contributed by atoms with Gasteiger partial charge in [-0.3, -0.25) is 0 Å². The summed E-state index contributed by atoms with van der Waals surface area (Å²) < 4.78 is 9.51. The molecule has 25 rings (SSSR count). The van der Waals surface area contributed by atoms with Crippen molar-refractivity contribution in [3.63, 3.8) is 0 Å². The molecule has 5 nitrogen and oxygen atoms in total. The molecule has 0 amide bonds. The number of aromatic nitrogens is 4. The lowest BCUT2D eigenvalue weighted by molar-refractivity contribution is 0.745. The fourth-order valence-corrected chi connectivity index (χ4v) is 21.3. The molecular weight excluding hydrogens is 1550 g/mol. The van der Waals surface area contributed by atoms with E-state index in [9.17, 15) is 0 Å². The van der Waals surface area contributed by atoms with Gasteiger partial charge in [0.05, 0.1) is 61.5 Å². The molecule has 5 heteroatoms. The molecule has 128 heavy (non-hydrogen) atoms. The maximum atomic E-state index is 7.62. The Kier molecular flexibility index (Phi) is 18.0. The van der Waals surface area contributed by atoms with Crippen molar-refractivity contribution >= 4 is 92.9 Å². The van der Waals surface area contributed by atoms with Gasteiger partial charge in [0, 0.05) is 65.8 Å². The van der Waals surface area contributed by atoms with E-state index in [1.807, 2.05) is 18.2 Å². The molecule has 4 aromatic heterocycles. The van der Waals surface area contributed by atoms with Crippen LogP contribution in [0.15, 0.2) is 491 Å². The van der Waals surface area contributed by atoms with Gasteiger partial charge in [0.1, 0.15) is 0 Å². The van der Waals surface area contributed by atoms with Gasteiger partial charge in [-0.15, -0.1) is 0 Å². The molecule has 598 valence electrons. The van der Waals surface area contributed by atoms with Crippen molar-refractivity contribution in [1.82, 2.24) is 18.3 Å². The number of benzene rings is 20. The fraction of sp³-hybridized carbons (Fsp3) is 0.0163. The first-order chi connectivity index (χ1) is 63.4. The van der Waals surface area contributed by atoms with Crippen LogP contribution in [0.3, 0.4) is 0 Å². The molecule has 1 aliphatic carbocycles. The Labute approximate surface area is 742 Å². The fourth-order valence-electron chi connectivity index (χ4n) is 21.3. The van der Waals surface area contributed by atoms with Gasteiger partial charge in [0.2, 0.25) is 0 Å². The lowest BCUT2D eigenvalue weighted by atomic mass is 9.65. The molecule has 0 radical (unpaired) electrons. The van der Waals surface area contributed by atoms with Crippen molar-refractivity contribution in [2.45, 2.75) is 10.8 Å². The van der Waals surface area contributed by atoms with E-state index in [1.54, 1.807) is 0 Å². The Morgan fingerprint density at radius 3 is 0.945 bits per heavy atom. The van der Waals surface area contributed by atoms with E-state index in [0.717, 1.165) is 28.1 Å². The van der Waals surface area contributed by atoms with Gasteiger partial charge in [0.25, 0.3) is 0 Å². The number of nitrogens with zero attached hydrogens (tertiary/aromatic N) is 5. The third-order valence-corrected chi connectivity index (χ3v) is 26.9. The first-order valence-corrected chi connectivity index (χ1v) is 44.0. The number of fused-ring (bicyclic) bond motifs is 15. The third kappa shape index (κ3) is 12.1. The van der Waals surface area contributed by atoms with Gasteiger partial charge < -0.3 is 18.3 Å². The van der Waals surface area contributed by atoms with Gasteiger partial charge in [-0.05, 0) is 234 Å². The van der Waals surface area contributed by atoms with Crippen LogP contribution in [0.2, 0.25) is 0 Å². The largest absolute Gasteiger partial charge is 0.311 e. The second-order valence-electron chi connectivity index (χ2n) is 33.6. The van der Waals surface area contributed by atoms with E-state index in [2.05, 4.69) is 496 Å². The minimum absolute atomic E-state index is 0.433. The Bertz CT molecular complexity index is 8350. The zero-order valence-electron chi connectivity index (χ0n) is 70.0. The van der Waals surface area contributed by atoms with Crippen molar-refractivity contribution in [1.29, 1.82) is 0 Å². The summed E-state index contributed by atoms with van der Waals surface area (Å²) in [5, 5.41) is 9.82. The Hall–Kier alpha value is -16.9. The summed E-state index contributed by atoms with van der Waals surface area (Å²) >= 11 is 0. The molecule has 0 spiro atoms. The second kappa shape index (κ2) is 30.8. The predicted molar refractivity (Wildman–Crippen MR) is 534 cm³/mol. The molecule has 0 atom stereocenters. The molecule has 4 heterocycles. The van der Waals surface area contributed by atoms with Gasteiger partial charge in [-0.25, -0.2) is 4.85 Å². The van der Waals surface area contributed by atoms with Gasteiger partial charge in [-0.1, -0.05) is 358 Å². The van der Waals surface area contributed by atoms with Crippen molar-refractivity contribution in [2.75, 3.05) is 0 Å². The van der Waals surface area contributed by atoms with Crippen molar-refractivity contribution in [3.05, 3.63) is 547 Å². The first-order valence-electron chi connectivity index (χ1n) is 44.0. The molecule has 0 unspecified atom stereocenters. The summed E-state index contributed by atoms with van der Waals surface area (Å²) in [5.74, 6) is 0. The van der Waals surface area contributed by atoms with E-state index in [-0.39, 0.29) is 0 Å². The van der Waals surface area contributed by atoms with Crippen molar-refractivity contribution in [2.24, 2.45) is 0 Å². The SMILES string of the molecule is [C-]#[N+]c1cccc(-n2c3ccccc3c3cc(-c4ccc5c(c4)c4ccccc4n5-c4ccc5c(c4)-c4ccccc4C5(c4ccccc4)c4ccccc4)ccc32)c1.c1ccc(-n2c3ccccc3c3cc(-c4ccc5c(c4)c4ccccc4n5-c4ccc(-c5cccc(-c6cccc(C(c7ccccc7)(c7ccccc7)c7ccccc7)c6)c5)cc4)ccc32)cc1. The topological polar surface area (TPSA) is 24.1 Å². The van der Waals surface area contributed by atoms with Crippen LogP contribution in [0, 0.1) is 6.57 Å². The van der Waals surface area contributed by atoms with Crippen LogP contribution < -0.4 is 0 Å². The lowest BCUT2D eigenvalue weighted by Gasteiger charge is -2.37. The monoisotopic (exact) mass is 1630 g/mol. The van der Waals surface area contributed by atoms with Crippen LogP contribution in [0.25, 0.3) is 170 Å². The third-order valence-electron chi connectivity index (χ3n) is 26.9. The highest BCUT2D eigenvalue weighted by Gasteiger charge is 2.46. The van der Waals surface area contributed by atoms with Crippen LogP contribution in [0.5, 0.6) is 0 Å². The molecule has 0 bridgehead atoms. The molecule has 24 aromatic rings. The Balaban J connectivity index is 0.000000144. The number of hydrogen-bond donors (Lipinski definition) is 0. The quantitative estimate of drug-likeness (QED) is 0.0766. The molecule has 0 saturated carbocycles. The molecular formula is C123H81N5. The zero-order chi connectivity index (χ0) is 84.8. The zero-order valence-corrected chi connectivity index (χ0v) is 70.0. The number of hydrogen-bond acceptors (Lipinski definition) is 0. The first kappa shape index (κ1) is 74.9. The second-order valence-corrected chi connectivity index (χ2v) is 33.6. The molecule has 20 aromatic carbocycles. The minimum atomic E-state index is -0.513. The van der Waals surface area contributed by atoms with Crippen molar-refractivity contribution < 1.29 is 0 Å². The summed E-state index contributed by atoms with van der Waals surface area (Å²) in [6.45, 7) is 7.62. The van der Waals surface area contributed by atoms with E-state index in [0.29, 0.717) is 5.69 Å². The van der Waals surface area contributed by atoms with E-state index < -0.39 is 10.8 Å². The smallest absolute Gasteiger partial charge is 0.189 e. The summed E-state index contributed by atoms with van der Waals surface area (Å²) in [4.78, 5) is 3.71. The standard InChI is InChI=1S/C67H46N2.C56H35N3/c1-5-22-53(23-6-1)67(54-24-7-2-8-25-54,55-26-9-3-10-27-55)56-28-18-21-50(44-56)49-20-17-19-48(43-49)47-35-39-58(40-36-47)69-64-34-16-14-32-60(64)62-46-52(38-42-66(62)69)51-37-41-65-61(45-51)59-31-13-15-33-63(59)68(65)57-29-11-4-12-30-57;1-57-41-19-14-20-42(35-41)58-52-25-12-9-22-45(52)48-33-37(27-31-54(48)58)38-28-32-55-49(34-38)46-23-10-13-26-53(46)59(55)43-29-30-51-47(36-43)44-21-8-11-24-50(44)56(51,39-15-4-2-5-16-39)40-17-6-3-7-18-40/h1-46H;2-36H. The van der Waals surface area contributed by atoms with Crippen LogP contribution in [-0.2, 0) is 10.8 Å². The average Bonchev–Trinajstić information content (AvgIpc) is 1.54. The lowest BCUT2D eigenvalue weighted by Crippen LogP contribution is -2.31. The molecule has 0 aliphatic heterocycles. The molecule has 0 fully saturated rings. The minimum Gasteiger partial charge on any atom is -0.311 e. The maximum absolute atomic E-state index is 7.62. The van der Waals surface area contributed by atoms with Crippen LogP contribution in [0.4, 0.5) is 5.69 Å². The summed E-state index contributed by atoms with van der Waals surface area (Å²) in [6.07, 6.45) is 0. The highest BCUT2D eigenvalue weighted by Crippen LogP contribution is 2.57. The Morgan fingerprint density at radius 1 is 0.188 bits per heavy atom. The van der Waals surface area contributed by atoms with E-state index >= 15 is 0 Å². The summed E-state index contributed by atoms with van der Waals surface area (Å²) in [7, 11) is 0. The summed E-state index contributed by atoms with van der Waals surface area (Å²) in [5.41, 5.74) is 35.6. The molecule has 0 N–H and O–H groups in total. The average molecular weight is 1630 g/mol. The maximum Gasteiger partial charge on any atom is 0.189 e. The van der Waals surface area contributed by atoms with Gasteiger partial charge in [-0.2, -0.15) is 0 Å².